The molecule has 0 radical (unpaired) electrons. The summed E-state index contributed by atoms with van der Waals surface area (Å²) in [6.45, 7) is 3.18. The van der Waals surface area contributed by atoms with E-state index in [1.54, 1.807) is 48.2 Å². The fourth-order valence-electron chi connectivity index (χ4n) is 4.57. The minimum absolute atomic E-state index is 0.0780. The van der Waals surface area contributed by atoms with Crippen molar-refractivity contribution in [2.45, 2.75) is 32.7 Å². The Morgan fingerprint density at radius 2 is 1.66 bits per heavy atom. The van der Waals surface area contributed by atoms with Crippen LogP contribution in [0.1, 0.15) is 41.3 Å². The molecule has 198 valence electrons. The van der Waals surface area contributed by atoms with Gasteiger partial charge in [-0.2, -0.15) is 0 Å². The first kappa shape index (κ1) is 27.0. The Morgan fingerprint density at radius 3 is 2.34 bits per heavy atom. The Kier molecular flexibility index (Phi) is 8.84. The van der Waals surface area contributed by atoms with E-state index in [1.165, 1.54) is 41.3 Å². The third kappa shape index (κ3) is 6.82. The molecule has 0 aliphatic carbocycles. The highest BCUT2D eigenvalue weighted by molar-refractivity contribution is 6.06. The smallest absolute Gasteiger partial charge is 0.310 e. The lowest BCUT2D eigenvalue weighted by atomic mass is 9.97. The zero-order valence-electron chi connectivity index (χ0n) is 21.2. The van der Waals surface area contributed by atoms with Crippen LogP contribution < -0.4 is 4.90 Å². The molecule has 1 heterocycles. The summed E-state index contributed by atoms with van der Waals surface area (Å²) in [4.78, 5) is 41.6. The van der Waals surface area contributed by atoms with Gasteiger partial charge in [-0.3, -0.25) is 14.4 Å². The van der Waals surface area contributed by atoms with Gasteiger partial charge in [0.1, 0.15) is 11.6 Å². The number of carbonyl (C=O) groups excluding carboxylic acids is 3. The van der Waals surface area contributed by atoms with Gasteiger partial charge in [0.15, 0.2) is 0 Å². The monoisotopic (exact) mass is 520 g/mol. The van der Waals surface area contributed by atoms with Crippen molar-refractivity contribution in [1.29, 1.82) is 0 Å². The fraction of sp³-hybridized carbons (Fsp3) is 0.300. The lowest BCUT2D eigenvalue weighted by Crippen LogP contribution is -2.43. The molecule has 1 saturated heterocycles. The van der Waals surface area contributed by atoms with Crippen LogP contribution in [-0.2, 0) is 27.3 Å². The number of nitrogens with zero attached hydrogens (tertiary/aromatic N) is 2. The van der Waals surface area contributed by atoms with Gasteiger partial charge in [-0.05, 0) is 73.4 Å². The summed E-state index contributed by atoms with van der Waals surface area (Å²) in [6, 6.07) is 18.3. The first-order chi connectivity index (χ1) is 18.3. The number of rotatable bonds is 8. The molecule has 0 N–H and O–H groups in total. The molecule has 38 heavy (non-hydrogen) atoms. The summed E-state index contributed by atoms with van der Waals surface area (Å²) < 4.78 is 32.4. The van der Waals surface area contributed by atoms with Crippen molar-refractivity contribution >= 4 is 23.5 Å². The molecular weight excluding hydrogens is 490 g/mol. The van der Waals surface area contributed by atoms with Crippen molar-refractivity contribution in [3.63, 3.8) is 0 Å². The third-order valence-corrected chi connectivity index (χ3v) is 6.57. The molecule has 1 aliphatic heterocycles. The molecule has 2 amide bonds. The Labute approximate surface area is 220 Å². The van der Waals surface area contributed by atoms with Gasteiger partial charge in [0.25, 0.3) is 5.91 Å². The van der Waals surface area contributed by atoms with Crippen LogP contribution in [-0.4, -0.2) is 42.4 Å². The normalized spacial score (nSPS) is 15.1. The Hall–Kier alpha value is -4.07. The number of ether oxygens (including phenoxy) is 1. The zero-order valence-corrected chi connectivity index (χ0v) is 21.2. The maximum absolute atomic E-state index is 13.8. The van der Waals surface area contributed by atoms with E-state index in [2.05, 4.69) is 0 Å². The lowest BCUT2D eigenvalue weighted by Gasteiger charge is -2.31. The Bertz CT molecular complexity index is 1280. The van der Waals surface area contributed by atoms with Gasteiger partial charge in [-0.15, -0.1) is 0 Å². The highest BCUT2D eigenvalue weighted by Gasteiger charge is 2.29. The van der Waals surface area contributed by atoms with Crippen LogP contribution in [0.25, 0.3) is 0 Å². The van der Waals surface area contributed by atoms with Crippen LogP contribution in [0, 0.1) is 17.6 Å². The van der Waals surface area contributed by atoms with Gasteiger partial charge < -0.3 is 14.5 Å². The summed E-state index contributed by atoms with van der Waals surface area (Å²) in [5, 5.41) is 0. The SMILES string of the molecule is CCOC(=O)C1CCCN(C(=O)Cc2ccc(N(Cc3ccc(F)cc3)C(=O)c3cccc(F)c3)cc2)C1. The first-order valence-electron chi connectivity index (χ1n) is 12.7. The second-order valence-electron chi connectivity index (χ2n) is 9.30. The first-order valence-corrected chi connectivity index (χ1v) is 12.7. The average molecular weight is 521 g/mol. The topological polar surface area (TPSA) is 66.9 Å². The predicted octanol–water partition coefficient (Wildman–Crippen LogP) is 5.16. The second kappa shape index (κ2) is 12.4. The number of amides is 2. The molecule has 1 atom stereocenters. The third-order valence-electron chi connectivity index (χ3n) is 6.57. The molecular formula is C30H30F2N2O4. The summed E-state index contributed by atoms with van der Waals surface area (Å²) in [6.07, 6.45) is 1.61. The van der Waals surface area contributed by atoms with Gasteiger partial charge in [-0.1, -0.05) is 30.3 Å². The molecule has 0 spiro atoms. The largest absolute Gasteiger partial charge is 0.466 e. The Morgan fingerprint density at radius 1 is 0.947 bits per heavy atom. The minimum Gasteiger partial charge on any atom is -0.466 e. The number of anilines is 1. The summed E-state index contributed by atoms with van der Waals surface area (Å²) in [5.74, 6) is -1.95. The molecule has 1 unspecified atom stereocenters. The number of likely N-dealkylation sites (tertiary alicyclic amines) is 1. The van der Waals surface area contributed by atoms with E-state index in [0.717, 1.165) is 12.0 Å². The minimum atomic E-state index is -0.519. The van der Waals surface area contributed by atoms with Crippen molar-refractivity contribution in [3.05, 3.63) is 101 Å². The van der Waals surface area contributed by atoms with Gasteiger partial charge in [0.2, 0.25) is 5.91 Å². The van der Waals surface area contributed by atoms with E-state index in [-0.39, 0.29) is 42.1 Å². The van der Waals surface area contributed by atoms with Crippen LogP contribution in [0.15, 0.2) is 72.8 Å². The summed E-state index contributed by atoms with van der Waals surface area (Å²) in [7, 11) is 0. The molecule has 1 fully saturated rings. The van der Waals surface area contributed by atoms with E-state index in [4.69, 9.17) is 4.74 Å². The Balaban J connectivity index is 1.49. The molecule has 1 aliphatic rings. The zero-order chi connectivity index (χ0) is 27.1. The van der Waals surface area contributed by atoms with E-state index in [1.807, 2.05) is 0 Å². The van der Waals surface area contributed by atoms with Crippen LogP contribution in [0.3, 0.4) is 0 Å². The van der Waals surface area contributed by atoms with Crippen molar-refractivity contribution in [1.82, 2.24) is 4.90 Å². The molecule has 3 aromatic carbocycles. The highest BCUT2D eigenvalue weighted by atomic mass is 19.1. The van der Waals surface area contributed by atoms with Crippen LogP contribution in [0.2, 0.25) is 0 Å². The number of hydrogen-bond acceptors (Lipinski definition) is 4. The quantitative estimate of drug-likeness (QED) is 0.385. The molecule has 0 bridgehead atoms. The molecule has 0 aromatic heterocycles. The van der Waals surface area contributed by atoms with Crippen LogP contribution in [0.4, 0.5) is 14.5 Å². The maximum Gasteiger partial charge on any atom is 0.310 e. The van der Waals surface area contributed by atoms with Crippen molar-refractivity contribution in [3.8, 4) is 0 Å². The van der Waals surface area contributed by atoms with E-state index in [9.17, 15) is 23.2 Å². The predicted molar refractivity (Wildman–Crippen MR) is 139 cm³/mol. The highest BCUT2D eigenvalue weighted by Crippen LogP contribution is 2.23. The van der Waals surface area contributed by atoms with E-state index >= 15 is 0 Å². The number of carbonyl (C=O) groups is 3. The van der Waals surface area contributed by atoms with Gasteiger partial charge >= 0.3 is 5.97 Å². The number of hydrogen-bond donors (Lipinski definition) is 0. The van der Waals surface area contributed by atoms with Crippen LogP contribution in [0.5, 0.6) is 0 Å². The molecule has 0 saturated carbocycles. The number of piperidine rings is 1. The van der Waals surface area contributed by atoms with Gasteiger partial charge in [-0.25, -0.2) is 8.78 Å². The van der Waals surface area contributed by atoms with Crippen molar-refractivity contribution in [2.24, 2.45) is 5.92 Å². The average Bonchev–Trinajstić information content (AvgIpc) is 2.93. The lowest BCUT2D eigenvalue weighted by molar-refractivity contribution is -0.151. The summed E-state index contributed by atoms with van der Waals surface area (Å²) in [5.41, 5.74) is 2.21. The molecule has 8 heteroatoms. The molecule has 4 rings (SSSR count). The summed E-state index contributed by atoms with van der Waals surface area (Å²) >= 11 is 0. The molecule has 6 nitrogen and oxygen atoms in total. The maximum atomic E-state index is 13.8. The number of benzene rings is 3. The number of halogens is 2. The number of esters is 1. The van der Waals surface area contributed by atoms with Gasteiger partial charge in [0, 0.05) is 24.3 Å². The van der Waals surface area contributed by atoms with Crippen molar-refractivity contribution < 1.29 is 27.9 Å². The van der Waals surface area contributed by atoms with Crippen molar-refractivity contribution in [2.75, 3.05) is 24.6 Å². The van der Waals surface area contributed by atoms with Gasteiger partial charge in [0.05, 0.1) is 25.5 Å². The second-order valence-corrected chi connectivity index (χ2v) is 9.30. The van der Waals surface area contributed by atoms with E-state index < -0.39 is 11.7 Å². The molecule has 3 aromatic rings. The standard InChI is InChI=1S/C30H30F2N2O4/c1-2-38-30(37)24-6-4-16-33(20-24)28(35)17-21-10-14-27(15-11-21)34(19-22-8-12-25(31)13-9-22)29(36)23-5-3-7-26(32)18-23/h3,5,7-15,18,24H,2,4,6,16-17,19-20H2,1H3. The van der Waals surface area contributed by atoms with Crippen LogP contribution >= 0.6 is 0 Å². The fourth-order valence-corrected chi connectivity index (χ4v) is 4.57. The van der Waals surface area contributed by atoms with E-state index in [0.29, 0.717) is 37.4 Å².